The van der Waals surface area contributed by atoms with E-state index in [-0.39, 0.29) is 12.6 Å². The molecule has 0 aliphatic heterocycles. The lowest BCUT2D eigenvalue weighted by Gasteiger charge is -2.24. The average molecular weight is 189 g/mol. The van der Waals surface area contributed by atoms with Crippen molar-refractivity contribution in [3.63, 3.8) is 0 Å². The lowest BCUT2D eigenvalue weighted by Crippen LogP contribution is -2.43. The monoisotopic (exact) mass is 189 g/mol. The second-order valence-corrected chi connectivity index (χ2v) is 2.53. The fourth-order valence-corrected chi connectivity index (χ4v) is 0.740. The van der Waals surface area contributed by atoms with E-state index in [9.17, 15) is 10.1 Å². The molecule has 0 aromatic heterocycles. The molecule has 0 rings (SSSR count). The predicted octanol–water partition coefficient (Wildman–Crippen LogP) is -0.666. The molecule has 0 aliphatic rings. The Balaban J connectivity index is 4.64. The first-order valence-electron chi connectivity index (χ1n) is 3.88. The number of guanidine groups is 1. The first-order chi connectivity index (χ1) is 6.02. The van der Waals surface area contributed by atoms with Crippen LogP contribution in [0, 0.1) is 10.1 Å². The molecular formula is C6H15N5O2. The molecule has 13 heavy (non-hydrogen) atoms. The molecule has 2 N–H and O–H groups in total. The Morgan fingerprint density at radius 2 is 2.08 bits per heavy atom. The number of nitrogens with two attached hydrogens (primary N) is 1. The molecule has 0 bridgehead atoms. The number of rotatable bonds is 3. The molecule has 0 radical (unpaired) electrons. The summed E-state index contributed by atoms with van der Waals surface area (Å²) >= 11 is 0. The molecule has 7 nitrogen and oxygen atoms in total. The van der Waals surface area contributed by atoms with Crippen molar-refractivity contribution in [3.05, 3.63) is 10.1 Å². The van der Waals surface area contributed by atoms with E-state index < -0.39 is 5.03 Å². The van der Waals surface area contributed by atoms with Crippen LogP contribution in [-0.2, 0) is 0 Å². The van der Waals surface area contributed by atoms with Gasteiger partial charge in [0, 0.05) is 20.6 Å². The van der Waals surface area contributed by atoms with Crippen molar-refractivity contribution in [1.29, 1.82) is 0 Å². The van der Waals surface area contributed by atoms with Gasteiger partial charge in [-0.05, 0) is 6.92 Å². The normalized spacial score (nSPS) is 11.2. The van der Waals surface area contributed by atoms with Gasteiger partial charge in [-0.15, -0.1) is 0 Å². The van der Waals surface area contributed by atoms with Gasteiger partial charge in [-0.2, -0.15) is 0 Å². The highest BCUT2D eigenvalue weighted by Gasteiger charge is 2.13. The van der Waals surface area contributed by atoms with Gasteiger partial charge < -0.3 is 15.5 Å². The van der Waals surface area contributed by atoms with Gasteiger partial charge in [0.05, 0.1) is 6.67 Å². The lowest BCUT2D eigenvalue weighted by molar-refractivity contribution is -0.486. The molecule has 0 spiro atoms. The maximum absolute atomic E-state index is 10.2. The van der Waals surface area contributed by atoms with Crippen molar-refractivity contribution >= 4 is 5.96 Å². The Morgan fingerprint density at radius 1 is 1.54 bits per heavy atom. The van der Waals surface area contributed by atoms with E-state index in [4.69, 9.17) is 5.73 Å². The number of hydrazone groups is 1. The van der Waals surface area contributed by atoms with E-state index in [1.54, 1.807) is 19.0 Å². The van der Waals surface area contributed by atoms with Crippen LogP contribution in [0.1, 0.15) is 6.92 Å². The van der Waals surface area contributed by atoms with Crippen LogP contribution in [0.4, 0.5) is 0 Å². The molecule has 0 atom stereocenters. The van der Waals surface area contributed by atoms with Gasteiger partial charge in [0.25, 0.3) is 5.96 Å². The highest BCUT2D eigenvalue weighted by atomic mass is 16.7. The Kier molecular flexibility index (Phi) is 4.75. The third-order valence-electron chi connectivity index (χ3n) is 1.60. The van der Waals surface area contributed by atoms with Crippen LogP contribution >= 0.6 is 0 Å². The van der Waals surface area contributed by atoms with E-state index >= 15 is 0 Å². The number of nitrogens with zero attached hydrogens (tertiary/aromatic N) is 4. The lowest BCUT2D eigenvalue weighted by atomic mass is 10.6. The standard InChI is InChI=1S/C6H15N5O2/c1-4-9(2)6(8-11(12)13)10(3)5-7/h4-5,7H2,1-3H3/b8-6+. The summed E-state index contributed by atoms with van der Waals surface area (Å²) in [4.78, 5) is 13.3. The van der Waals surface area contributed by atoms with Crippen molar-refractivity contribution in [2.24, 2.45) is 10.8 Å². The van der Waals surface area contributed by atoms with Crippen LogP contribution in [0.2, 0.25) is 0 Å². The molecule has 0 saturated carbocycles. The van der Waals surface area contributed by atoms with Crippen LogP contribution in [0.15, 0.2) is 5.10 Å². The van der Waals surface area contributed by atoms with E-state index in [1.807, 2.05) is 6.92 Å². The van der Waals surface area contributed by atoms with Crippen molar-refractivity contribution < 1.29 is 5.03 Å². The molecule has 0 aliphatic carbocycles. The zero-order valence-electron chi connectivity index (χ0n) is 8.10. The van der Waals surface area contributed by atoms with Gasteiger partial charge >= 0.3 is 0 Å². The van der Waals surface area contributed by atoms with Crippen molar-refractivity contribution in [2.45, 2.75) is 6.92 Å². The molecular weight excluding hydrogens is 174 g/mol. The molecule has 0 heterocycles. The molecule has 7 heteroatoms. The minimum Gasteiger partial charge on any atom is -0.341 e. The Hall–Kier alpha value is -1.37. The summed E-state index contributed by atoms with van der Waals surface area (Å²) in [5.41, 5.74) is 5.34. The minimum atomic E-state index is -0.729. The summed E-state index contributed by atoms with van der Waals surface area (Å²) in [7, 11) is 3.36. The van der Waals surface area contributed by atoms with E-state index in [1.165, 1.54) is 4.90 Å². The highest BCUT2D eigenvalue weighted by molar-refractivity contribution is 5.78. The quantitative estimate of drug-likeness (QED) is 0.209. The van der Waals surface area contributed by atoms with Crippen molar-refractivity contribution in [3.8, 4) is 0 Å². The average Bonchev–Trinajstić information content (AvgIpc) is 2.11. The van der Waals surface area contributed by atoms with Crippen LogP contribution in [0.3, 0.4) is 0 Å². The molecule has 0 aromatic carbocycles. The van der Waals surface area contributed by atoms with Crippen LogP contribution in [0.25, 0.3) is 0 Å². The van der Waals surface area contributed by atoms with Crippen molar-refractivity contribution in [2.75, 3.05) is 27.3 Å². The topological polar surface area (TPSA) is 88.0 Å². The van der Waals surface area contributed by atoms with E-state index in [2.05, 4.69) is 5.10 Å². The highest BCUT2D eigenvalue weighted by Crippen LogP contribution is 1.93. The maximum Gasteiger partial charge on any atom is 0.274 e. The molecule has 0 saturated heterocycles. The Morgan fingerprint density at radius 3 is 2.38 bits per heavy atom. The summed E-state index contributed by atoms with van der Waals surface area (Å²) < 4.78 is 0. The fraction of sp³-hybridized carbons (Fsp3) is 0.833. The van der Waals surface area contributed by atoms with E-state index in [0.717, 1.165) is 0 Å². The first-order valence-corrected chi connectivity index (χ1v) is 3.88. The smallest absolute Gasteiger partial charge is 0.274 e. The third kappa shape index (κ3) is 3.70. The zero-order valence-corrected chi connectivity index (χ0v) is 8.10. The van der Waals surface area contributed by atoms with Crippen LogP contribution in [0.5, 0.6) is 0 Å². The summed E-state index contributed by atoms with van der Waals surface area (Å²) in [6, 6.07) is 0. The van der Waals surface area contributed by atoms with Gasteiger partial charge in [0.2, 0.25) is 0 Å². The molecule has 0 amide bonds. The molecule has 0 fully saturated rings. The van der Waals surface area contributed by atoms with Gasteiger partial charge in [0.1, 0.15) is 5.10 Å². The summed E-state index contributed by atoms with van der Waals surface area (Å²) in [6.45, 7) is 2.70. The fourth-order valence-electron chi connectivity index (χ4n) is 0.740. The number of hydrogen-bond acceptors (Lipinski definition) is 3. The largest absolute Gasteiger partial charge is 0.341 e. The summed E-state index contributed by atoms with van der Waals surface area (Å²) in [6.07, 6.45) is 0. The van der Waals surface area contributed by atoms with Crippen LogP contribution < -0.4 is 5.73 Å². The van der Waals surface area contributed by atoms with Gasteiger partial charge in [0.15, 0.2) is 5.03 Å². The minimum absolute atomic E-state index is 0.191. The van der Waals surface area contributed by atoms with Crippen molar-refractivity contribution in [1.82, 2.24) is 9.80 Å². The zero-order chi connectivity index (χ0) is 10.4. The summed E-state index contributed by atoms with van der Waals surface area (Å²) in [5, 5.41) is 12.7. The molecule has 76 valence electrons. The van der Waals surface area contributed by atoms with Gasteiger partial charge in [-0.3, -0.25) is 0 Å². The Bertz CT molecular complexity index is 193. The number of hydrogen-bond donors (Lipinski definition) is 1. The Labute approximate surface area is 76.9 Å². The van der Waals surface area contributed by atoms with Crippen LogP contribution in [-0.4, -0.2) is 48.1 Å². The maximum atomic E-state index is 10.2. The molecule has 0 aromatic rings. The predicted molar refractivity (Wildman–Crippen MR) is 49.6 cm³/mol. The second-order valence-electron chi connectivity index (χ2n) is 2.53. The van der Waals surface area contributed by atoms with E-state index in [0.29, 0.717) is 6.54 Å². The second kappa shape index (κ2) is 5.31. The summed E-state index contributed by atoms with van der Waals surface area (Å²) in [5.74, 6) is 0.259. The van der Waals surface area contributed by atoms with Gasteiger partial charge in [-0.1, -0.05) is 0 Å². The molecule has 0 unspecified atom stereocenters. The van der Waals surface area contributed by atoms with Gasteiger partial charge in [-0.25, -0.2) is 10.1 Å². The first kappa shape index (κ1) is 11.6. The third-order valence-corrected chi connectivity index (χ3v) is 1.60. The SMILES string of the molecule is CCN(C)/C(=N\[N+](=O)[O-])N(C)CN. The number of nitro groups is 1.